The Bertz CT molecular complexity index is 650. The van der Waals surface area contributed by atoms with Gasteiger partial charge in [0.05, 0.1) is 32.1 Å². The van der Waals surface area contributed by atoms with Crippen LogP contribution < -0.4 is 19.6 Å². The molecule has 5 nitrogen and oxygen atoms in total. The third kappa shape index (κ3) is 4.26. The molecule has 0 radical (unpaired) electrons. The Morgan fingerprint density at radius 2 is 1.71 bits per heavy atom. The van der Waals surface area contributed by atoms with E-state index in [0.717, 1.165) is 32.7 Å². The highest BCUT2D eigenvalue weighted by molar-refractivity contribution is 5.85. The van der Waals surface area contributed by atoms with Gasteiger partial charge < -0.3 is 24.4 Å². The third-order valence-corrected chi connectivity index (χ3v) is 4.41. The first-order chi connectivity index (χ1) is 11.7. The Morgan fingerprint density at radius 3 is 2.33 bits per heavy atom. The largest absolute Gasteiger partial charge is 0.545 e. The molecule has 0 aromatic heterocycles. The molecule has 24 heavy (non-hydrogen) atoms. The number of carboxylic acid groups (broad SMARTS) is 1. The highest BCUT2D eigenvalue weighted by atomic mass is 16.5. The van der Waals surface area contributed by atoms with Crippen LogP contribution in [0.25, 0.3) is 0 Å². The minimum absolute atomic E-state index is 0.171. The first-order valence-corrected chi connectivity index (χ1v) is 8.30. The van der Waals surface area contributed by atoms with Crippen molar-refractivity contribution in [3.05, 3.63) is 60.2 Å². The number of para-hydroxylation sites is 1. The van der Waals surface area contributed by atoms with Gasteiger partial charge in [-0.1, -0.05) is 18.2 Å². The number of nitrogens with one attached hydrogen (secondary N) is 1. The topological polar surface area (TPSA) is 57.0 Å². The summed E-state index contributed by atoms with van der Waals surface area (Å²) in [5.74, 6) is -0.468. The number of aromatic carboxylic acids is 1. The molecule has 0 bridgehead atoms. The Hall–Kier alpha value is -2.53. The number of carbonyl (C=O) groups is 1. The second kappa shape index (κ2) is 7.84. The molecule has 2 aromatic rings. The molecular weight excluding hydrogens is 304 g/mol. The fraction of sp³-hybridized carbons (Fsp3) is 0.316. The smallest absolute Gasteiger partial charge is 0.137 e. The standard InChI is InChI=1S/C19H22N2O3/c22-19(23)16-6-8-18(9-7-16)24-15-14-20-10-12-21(13-11-20)17-4-2-1-3-5-17/h1-9H,10-15H2,(H,22,23). The van der Waals surface area contributed by atoms with Crippen molar-refractivity contribution in [3.8, 4) is 5.75 Å². The third-order valence-electron chi connectivity index (χ3n) is 4.41. The lowest BCUT2D eigenvalue weighted by Crippen LogP contribution is -3.15. The van der Waals surface area contributed by atoms with Crippen LogP contribution in [0.5, 0.6) is 5.75 Å². The van der Waals surface area contributed by atoms with Crippen molar-refractivity contribution in [2.45, 2.75) is 0 Å². The molecule has 2 aromatic carbocycles. The number of nitrogens with zero attached hydrogens (tertiary/aromatic N) is 1. The molecule has 5 heteroatoms. The lowest BCUT2D eigenvalue weighted by Gasteiger charge is -2.33. The van der Waals surface area contributed by atoms with Crippen LogP contribution in [0, 0.1) is 0 Å². The summed E-state index contributed by atoms with van der Waals surface area (Å²) in [6, 6.07) is 16.9. The monoisotopic (exact) mass is 326 g/mol. The number of rotatable bonds is 6. The zero-order chi connectivity index (χ0) is 16.8. The van der Waals surface area contributed by atoms with Crippen molar-refractivity contribution >= 4 is 11.7 Å². The Morgan fingerprint density at radius 1 is 1.04 bits per heavy atom. The van der Waals surface area contributed by atoms with E-state index in [-0.39, 0.29) is 5.56 Å². The molecule has 1 aliphatic rings. The zero-order valence-corrected chi connectivity index (χ0v) is 13.6. The fourth-order valence-electron chi connectivity index (χ4n) is 2.97. The Labute approximate surface area is 142 Å². The lowest BCUT2D eigenvalue weighted by molar-refractivity contribution is -0.900. The number of piperazine rings is 1. The molecule has 126 valence electrons. The van der Waals surface area contributed by atoms with Gasteiger partial charge in [-0.05, 0) is 42.0 Å². The van der Waals surface area contributed by atoms with Crippen molar-refractivity contribution in [3.63, 3.8) is 0 Å². The zero-order valence-electron chi connectivity index (χ0n) is 13.6. The average Bonchev–Trinajstić information content (AvgIpc) is 2.63. The fourth-order valence-corrected chi connectivity index (χ4v) is 2.97. The van der Waals surface area contributed by atoms with Crippen molar-refractivity contribution < 1.29 is 19.5 Å². The number of benzene rings is 2. The van der Waals surface area contributed by atoms with E-state index in [1.807, 2.05) is 6.07 Å². The number of anilines is 1. The van der Waals surface area contributed by atoms with Gasteiger partial charge in [-0.2, -0.15) is 0 Å². The molecular formula is C19H22N2O3. The van der Waals surface area contributed by atoms with Crippen molar-refractivity contribution in [2.75, 3.05) is 44.2 Å². The molecule has 3 rings (SSSR count). The quantitative estimate of drug-likeness (QED) is 0.801. The van der Waals surface area contributed by atoms with Gasteiger partial charge in [-0.25, -0.2) is 0 Å². The Kier molecular flexibility index (Phi) is 5.33. The van der Waals surface area contributed by atoms with Crippen molar-refractivity contribution in [1.82, 2.24) is 0 Å². The summed E-state index contributed by atoms with van der Waals surface area (Å²) < 4.78 is 5.71. The van der Waals surface area contributed by atoms with Gasteiger partial charge in [0, 0.05) is 5.69 Å². The summed E-state index contributed by atoms with van der Waals surface area (Å²) in [4.78, 5) is 14.7. The van der Waals surface area contributed by atoms with E-state index in [9.17, 15) is 9.90 Å². The number of hydrogen-bond acceptors (Lipinski definition) is 4. The molecule has 1 saturated heterocycles. The molecule has 1 heterocycles. The second-order valence-electron chi connectivity index (χ2n) is 5.98. The molecule has 0 atom stereocenters. The van der Waals surface area contributed by atoms with Crippen molar-refractivity contribution in [2.24, 2.45) is 0 Å². The minimum Gasteiger partial charge on any atom is -0.545 e. The first-order valence-electron chi connectivity index (χ1n) is 8.30. The van der Waals surface area contributed by atoms with Gasteiger partial charge in [-0.3, -0.25) is 0 Å². The van der Waals surface area contributed by atoms with E-state index in [1.165, 1.54) is 22.7 Å². The number of carboxylic acids is 1. The summed E-state index contributed by atoms with van der Waals surface area (Å²) in [5, 5.41) is 10.7. The number of hydrogen-bond donors (Lipinski definition) is 1. The van der Waals surface area contributed by atoms with E-state index in [0.29, 0.717) is 12.4 Å². The lowest BCUT2D eigenvalue weighted by atomic mass is 10.2. The number of quaternary nitrogens is 1. The summed E-state index contributed by atoms with van der Waals surface area (Å²) in [5.41, 5.74) is 1.46. The normalized spacial score (nSPS) is 15.2. The predicted octanol–water partition coefficient (Wildman–Crippen LogP) is -0.166. The predicted molar refractivity (Wildman–Crippen MR) is 90.5 cm³/mol. The summed E-state index contributed by atoms with van der Waals surface area (Å²) in [6.07, 6.45) is 0. The molecule has 0 amide bonds. The van der Waals surface area contributed by atoms with Gasteiger partial charge in [0.25, 0.3) is 0 Å². The van der Waals surface area contributed by atoms with Crippen LogP contribution in [0.2, 0.25) is 0 Å². The van der Waals surface area contributed by atoms with E-state index in [4.69, 9.17) is 4.74 Å². The van der Waals surface area contributed by atoms with Crippen LogP contribution in [0.4, 0.5) is 5.69 Å². The maximum Gasteiger partial charge on any atom is 0.137 e. The van der Waals surface area contributed by atoms with Gasteiger partial charge in [0.2, 0.25) is 0 Å². The molecule has 0 spiro atoms. The molecule has 1 aliphatic heterocycles. The van der Waals surface area contributed by atoms with Gasteiger partial charge in [0.1, 0.15) is 18.9 Å². The maximum atomic E-state index is 10.7. The van der Waals surface area contributed by atoms with Gasteiger partial charge >= 0.3 is 0 Å². The number of ether oxygens (including phenoxy) is 1. The van der Waals surface area contributed by atoms with Crippen molar-refractivity contribution in [1.29, 1.82) is 0 Å². The van der Waals surface area contributed by atoms with E-state index in [1.54, 1.807) is 12.1 Å². The highest BCUT2D eigenvalue weighted by Gasteiger charge is 2.19. The van der Waals surface area contributed by atoms with Crippen LogP contribution >= 0.6 is 0 Å². The maximum absolute atomic E-state index is 10.7. The van der Waals surface area contributed by atoms with Crippen LogP contribution in [0.1, 0.15) is 10.4 Å². The summed E-state index contributed by atoms with van der Waals surface area (Å²) in [6.45, 7) is 5.89. The first kappa shape index (κ1) is 16.3. The molecule has 0 saturated carbocycles. The second-order valence-corrected chi connectivity index (χ2v) is 5.98. The molecule has 1 fully saturated rings. The molecule has 1 N–H and O–H groups in total. The van der Waals surface area contributed by atoms with E-state index >= 15 is 0 Å². The van der Waals surface area contributed by atoms with Gasteiger partial charge in [0.15, 0.2) is 0 Å². The van der Waals surface area contributed by atoms with E-state index < -0.39 is 5.97 Å². The minimum atomic E-state index is -1.16. The van der Waals surface area contributed by atoms with Crippen LogP contribution in [-0.4, -0.2) is 45.3 Å². The van der Waals surface area contributed by atoms with Crippen LogP contribution in [-0.2, 0) is 0 Å². The Balaban J connectivity index is 1.40. The van der Waals surface area contributed by atoms with Gasteiger partial charge in [-0.15, -0.1) is 0 Å². The average molecular weight is 326 g/mol. The number of carbonyl (C=O) groups excluding carboxylic acids is 1. The molecule has 0 aliphatic carbocycles. The summed E-state index contributed by atoms with van der Waals surface area (Å²) in [7, 11) is 0. The molecule has 0 unspecified atom stereocenters. The van der Waals surface area contributed by atoms with E-state index in [2.05, 4.69) is 29.2 Å². The summed E-state index contributed by atoms with van der Waals surface area (Å²) >= 11 is 0. The highest BCUT2D eigenvalue weighted by Crippen LogP contribution is 2.13. The van der Waals surface area contributed by atoms with Crippen LogP contribution in [0.3, 0.4) is 0 Å². The SMILES string of the molecule is O=C([O-])c1ccc(OCC[NH+]2CCN(c3ccccc3)CC2)cc1. The van der Waals surface area contributed by atoms with Crippen LogP contribution in [0.15, 0.2) is 54.6 Å².